The Bertz CT molecular complexity index is 789. The molecule has 23 heavy (non-hydrogen) atoms. The van der Waals surface area contributed by atoms with Crippen LogP contribution in [0.2, 0.25) is 0 Å². The molecule has 1 aromatic carbocycles. The average Bonchev–Trinajstić information content (AvgIpc) is 2.46. The van der Waals surface area contributed by atoms with Crippen LogP contribution in [-0.4, -0.2) is 26.3 Å². The maximum Gasteiger partial charge on any atom is 0.274 e. The fraction of sp³-hybridized carbons (Fsp3) is 0.286. The van der Waals surface area contributed by atoms with Crippen molar-refractivity contribution in [3.05, 3.63) is 56.0 Å². The molecule has 0 amide bonds. The molecular weight excluding hydrogens is 300 g/mol. The molecule has 0 bridgehead atoms. The van der Waals surface area contributed by atoms with Gasteiger partial charge in [-0.1, -0.05) is 20.8 Å². The van der Waals surface area contributed by atoms with Crippen LogP contribution in [0.5, 0.6) is 0 Å². The largest absolute Gasteiger partial charge is 0.288 e. The molecule has 0 unspecified atom stereocenters. The molecule has 0 fully saturated rings. The highest BCUT2D eigenvalue weighted by Crippen LogP contribution is 2.15. The van der Waals surface area contributed by atoms with Crippen molar-refractivity contribution in [3.63, 3.8) is 0 Å². The number of nitro groups is 1. The Balaban J connectivity index is 2.07. The van der Waals surface area contributed by atoms with Gasteiger partial charge in [0, 0.05) is 17.5 Å². The highest BCUT2D eigenvalue weighted by Gasteiger charge is 2.20. The van der Waals surface area contributed by atoms with Crippen LogP contribution in [0.25, 0.3) is 0 Å². The Morgan fingerprint density at radius 3 is 2.43 bits per heavy atom. The van der Waals surface area contributed by atoms with Crippen LogP contribution in [0.1, 0.15) is 32.0 Å². The van der Waals surface area contributed by atoms with Crippen LogP contribution in [0.3, 0.4) is 0 Å². The number of hydrazone groups is 1. The standard InChI is InChI=1S/C14H16N6O3/c1-14(2,3)11-12(21)16-13(19-17-11)18-15-8-9-4-6-10(7-5-9)20(22)23/h4-8H,1-3H3,(H2,16,18,19,21)/b15-8+. The van der Waals surface area contributed by atoms with Crippen molar-refractivity contribution in [3.8, 4) is 0 Å². The Morgan fingerprint density at radius 1 is 1.26 bits per heavy atom. The maximum absolute atomic E-state index is 11.9. The number of aromatic amines is 1. The molecule has 0 aliphatic carbocycles. The molecular formula is C14H16N6O3. The molecule has 0 radical (unpaired) electrons. The maximum atomic E-state index is 11.9. The van der Waals surface area contributed by atoms with Gasteiger partial charge in [0.1, 0.15) is 5.69 Å². The summed E-state index contributed by atoms with van der Waals surface area (Å²) >= 11 is 0. The quantitative estimate of drug-likeness (QED) is 0.503. The van der Waals surface area contributed by atoms with Gasteiger partial charge in [0.15, 0.2) is 0 Å². The summed E-state index contributed by atoms with van der Waals surface area (Å²) in [6.07, 6.45) is 1.45. The highest BCUT2D eigenvalue weighted by molar-refractivity contribution is 5.80. The second kappa shape index (κ2) is 6.34. The lowest BCUT2D eigenvalue weighted by Crippen LogP contribution is -2.28. The van der Waals surface area contributed by atoms with Crippen molar-refractivity contribution in [1.82, 2.24) is 15.2 Å². The smallest absolute Gasteiger partial charge is 0.274 e. The monoisotopic (exact) mass is 316 g/mol. The van der Waals surface area contributed by atoms with Gasteiger partial charge in [-0.3, -0.25) is 19.9 Å². The van der Waals surface area contributed by atoms with Crippen molar-refractivity contribution in [1.29, 1.82) is 0 Å². The Labute approximate surface area is 131 Å². The number of non-ortho nitro benzene ring substituents is 1. The average molecular weight is 316 g/mol. The molecule has 2 rings (SSSR count). The van der Waals surface area contributed by atoms with Gasteiger partial charge in [-0.05, 0) is 17.7 Å². The zero-order valence-corrected chi connectivity index (χ0v) is 12.9. The number of aromatic nitrogens is 3. The predicted octanol–water partition coefficient (Wildman–Crippen LogP) is 1.82. The summed E-state index contributed by atoms with van der Waals surface area (Å²) in [6, 6.07) is 5.86. The molecule has 0 saturated heterocycles. The minimum Gasteiger partial charge on any atom is -0.288 e. The van der Waals surface area contributed by atoms with Gasteiger partial charge < -0.3 is 0 Å². The first kappa shape index (κ1) is 16.3. The minimum atomic E-state index is -0.476. The zero-order chi connectivity index (χ0) is 17.0. The summed E-state index contributed by atoms with van der Waals surface area (Å²) in [5, 5.41) is 22.2. The van der Waals surface area contributed by atoms with Crippen molar-refractivity contribution in [2.24, 2.45) is 5.10 Å². The van der Waals surface area contributed by atoms with E-state index in [4.69, 9.17) is 0 Å². The van der Waals surface area contributed by atoms with Crippen LogP contribution in [0.15, 0.2) is 34.2 Å². The predicted molar refractivity (Wildman–Crippen MR) is 85.7 cm³/mol. The SMILES string of the molecule is CC(C)(C)c1nnc(N/N=C/c2ccc([N+](=O)[O-])cc2)[nH]c1=O. The van der Waals surface area contributed by atoms with Crippen LogP contribution >= 0.6 is 0 Å². The van der Waals surface area contributed by atoms with E-state index in [0.717, 1.165) is 0 Å². The number of anilines is 1. The molecule has 0 saturated carbocycles. The molecule has 120 valence electrons. The fourth-order valence-electron chi connectivity index (χ4n) is 1.73. The Kier molecular flexibility index (Phi) is 4.49. The molecule has 0 aliphatic heterocycles. The van der Waals surface area contributed by atoms with E-state index < -0.39 is 10.3 Å². The molecule has 0 aliphatic rings. The third-order valence-corrected chi connectivity index (χ3v) is 2.90. The summed E-state index contributed by atoms with van der Waals surface area (Å²) < 4.78 is 0. The van der Waals surface area contributed by atoms with E-state index in [-0.39, 0.29) is 17.2 Å². The normalized spacial score (nSPS) is 11.6. The fourth-order valence-corrected chi connectivity index (χ4v) is 1.73. The number of rotatable bonds is 4. The molecule has 1 aromatic heterocycles. The van der Waals surface area contributed by atoms with Gasteiger partial charge in [-0.2, -0.15) is 5.10 Å². The molecule has 1 heterocycles. The van der Waals surface area contributed by atoms with Crippen molar-refractivity contribution >= 4 is 17.9 Å². The molecule has 0 spiro atoms. The number of nitrogens with zero attached hydrogens (tertiary/aromatic N) is 4. The van der Waals surface area contributed by atoms with E-state index >= 15 is 0 Å². The van der Waals surface area contributed by atoms with Crippen LogP contribution < -0.4 is 11.0 Å². The van der Waals surface area contributed by atoms with Gasteiger partial charge in [0.25, 0.3) is 11.2 Å². The van der Waals surface area contributed by atoms with Crippen molar-refractivity contribution < 1.29 is 4.92 Å². The third kappa shape index (κ3) is 4.19. The first-order chi connectivity index (χ1) is 10.8. The number of hydrogen-bond donors (Lipinski definition) is 2. The molecule has 9 nitrogen and oxygen atoms in total. The van der Waals surface area contributed by atoms with Gasteiger partial charge in [0.05, 0.1) is 11.1 Å². The number of nitro benzene ring substituents is 1. The summed E-state index contributed by atoms with van der Waals surface area (Å²) in [7, 11) is 0. The summed E-state index contributed by atoms with van der Waals surface area (Å²) in [5.74, 6) is 0.112. The highest BCUT2D eigenvalue weighted by atomic mass is 16.6. The van der Waals surface area contributed by atoms with Crippen molar-refractivity contribution in [2.75, 3.05) is 5.43 Å². The lowest BCUT2D eigenvalue weighted by atomic mass is 9.93. The first-order valence-electron chi connectivity index (χ1n) is 6.78. The number of benzene rings is 1. The second-order valence-electron chi connectivity index (χ2n) is 5.82. The zero-order valence-electron chi connectivity index (χ0n) is 12.9. The lowest BCUT2D eigenvalue weighted by Gasteiger charge is -2.15. The van der Waals surface area contributed by atoms with E-state index in [1.54, 1.807) is 12.1 Å². The number of hydrogen-bond acceptors (Lipinski definition) is 7. The topological polar surface area (TPSA) is 126 Å². The van der Waals surface area contributed by atoms with E-state index in [0.29, 0.717) is 11.3 Å². The summed E-state index contributed by atoms with van der Waals surface area (Å²) in [4.78, 5) is 24.5. The number of nitrogens with one attached hydrogen (secondary N) is 2. The van der Waals surface area contributed by atoms with Crippen LogP contribution in [-0.2, 0) is 5.41 Å². The van der Waals surface area contributed by atoms with Gasteiger partial charge in [0.2, 0.25) is 5.95 Å². The van der Waals surface area contributed by atoms with Crippen LogP contribution in [0, 0.1) is 10.1 Å². The molecule has 2 N–H and O–H groups in total. The van der Waals surface area contributed by atoms with E-state index in [1.165, 1.54) is 18.3 Å². The second-order valence-corrected chi connectivity index (χ2v) is 5.82. The third-order valence-electron chi connectivity index (χ3n) is 2.90. The van der Waals surface area contributed by atoms with E-state index in [9.17, 15) is 14.9 Å². The summed E-state index contributed by atoms with van der Waals surface area (Å²) in [5.41, 5.74) is 2.82. The van der Waals surface area contributed by atoms with E-state index in [2.05, 4.69) is 25.7 Å². The molecule has 2 aromatic rings. The first-order valence-corrected chi connectivity index (χ1v) is 6.78. The van der Waals surface area contributed by atoms with Gasteiger partial charge >= 0.3 is 0 Å². The molecule has 0 atom stereocenters. The number of H-pyrrole nitrogens is 1. The summed E-state index contributed by atoms with van der Waals surface area (Å²) in [6.45, 7) is 5.60. The lowest BCUT2D eigenvalue weighted by molar-refractivity contribution is -0.384. The van der Waals surface area contributed by atoms with Gasteiger partial charge in [-0.25, -0.2) is 5.43 Å². The van der Waals surface area contributed by atoms with E-state index in [1.807, 2.05) is 20.8 Å². The van der Waals surface area contributed by atoms with Crippen molar-refractivity contribution in [2.45, 2.75) is 26.2 Å². The van der Waals surface area contributed by atoms with Gasteiger partial charge in [-0.15, -0.1) is 10.2 Å². The van der Waals surface area contributed by atoms with Crippen LogP contribution in [0.4, 0.5) is 11.6 Å². The Hall–Kier alpha value is -3.10. The Morgan fingerprint density at radius 2 is 1.91 bits per heavy atom. The minimum absolute atomic E-state index is 0.00285. The molecule has 9 heteroatoms.